The Bertz CT molecular complexity index is 339. The summed E-state index contributed by atoms with van der Waals surface area (Å²) >= 11 is 0. The molecule has 0 aromatic heterocycles. The third-order valence-electron chi connectivity index (χ3n) is 3.83. The lowest BCUT2D eigenvalue weighted by Crippen LogP contribution is -2.55. The lowest BCUT2D eigenvalue weighted by Gasteiger charge is -2.35. The fourth-order valence-corrected chi connectivity index (χ4v) is 2.60. The van der Waals surface area contributed by atoms with Crippen molar-refractivity contribution in [1.82, 2.24) is 9.80 Å². The van der Waals surface area contributed by atoms with E-state index in [2.05, 4.69) is 0 Å². The lowest BCUT2D eigenvalue weighted by atomic mass is 10.00. The summed E-state index contributed by atoms with van der Waals surface area (Å²) < 4.78 is 5.31. The second-order valence-corrected chi connectivity index (χ2v) is 5.07. The third kappa shape index (κ3) is 2.29. The number of carboxylic acid groups (broad SMARTS) is 1. The first-order valence-electron chi connectivity index (χ1n) is 6.43. The maximum atomic E-state index is 12.4. The van der Waals surface area contributed by atoms with Crippen molar-refractivity contribution in [2.24, 2.45) is 0 Å². The number of hydrogen-bond donors (Lipinski definition) is 1. The van der Waals surface area contributed by atoms with E-state index in [0.29, 0.717) is 39.3 Å². The van der Waals surface area contributed by atoms with E-state index in [9.17, 15) is 14.7 Å². The number of hydrogen-bond acceptors (Lipinski definition) is 3. The van der Waals surface area contributed by atoms with Crippen LogP contribution in [0.4, 0.5) is 4.79 Å². The molecule has 0 radical (unpaired) electrons. The quantitative estimate of drug-likeness (QED) is 0.752. The predicted molar refractivity (Wildman–Crippen MR) is 64.4 cm³/mol. The summed E-state index contributed by atoms with van der Waals surface area (Å²) in [5.41, 5.74) is -1.05. The summed E-state index contributed by atoms with van der Waals surface area (Å²) in [6, 6.07) is -0.164. The van der Waals surface area contributed by atoms with Crippen LogP contribution in [-0.2, 0) is 9.53 Å². The molecule has 0 saturated carbocycles. The van der Waals surface area contributed by atoms with Crippen molar-refractivity contribution in [2.75, 3.05) is 32.8 Å². The van der Waals surface area contributed by atoms with Gasteiger partial charge < -0.3 is 19.6 Å². The van der Waals surface area contributed by atoms with E-state index in [1.54, 1.807) is 11.8 Å². The van der Waals surface area contributed by atoms with E-state index in [4.69, 9.17) is 4.74 Å². The highest BCUT2D eigenvalue weighted by molar-refractivity contribution is 5.86. The van der Waals surface area contributed by atoms with Gasteiger partial charge in [0.05, 0.1) is 6.61 Å². The molecule has 2 fully saturated rings. The van der Waals surface area contributed by atoms with Crippen LogP contribution in [0.5, 0.6) is 0 Å². The zero-order valence-electron chi connectivity index (χ0n) is 10.7. The number of likely N-dealkylation sites (tertiary alicyclic amines) is 1. The van der Waals surface area contributed by atoms with Crippen LogP contribution in [0.2, 0.25) is 0 Å². The number of nitrogens with zero attached hydrogens (tertiary/aromatic N) is 2. The highest BCUT2D eigenvalue weighted by Gasteiger charge is 2.47. The number of ether oxygens (including phenoxy) is 1. The highest BCUT2D eigenvalue weighted by atomic mass is 16.5. The van der Waals surface area contributed by atoms with Gasteiger partial charge in [-0.25, -0.2) is 9.59 Å². The van der Waals surface area contributed by atoms with Crippen LogP contribution >= 0.6 is 0 Å². The highest BCUT2D eigenvalue weighted by Crippen LogP contribution is 2.30. The van der Waals surface area contributed by atoms with Crippen molar-refractivity contribution >= 4 is 12.0 Å². The van der Waals surface area contributed by atoms with Gasteiger partial charge in [0.25, 0.3) is 0 Å². The third-order valence-corrected chi connectivity index (χ3v) is 3.83. The van der Waals surface area contributed by atoms with Gasteiger partial charge in [0.2, 0.25) is 0 Å². The second-order valence-electron chi connectivity index (χ2n) is 5.07. The largest absolute Gasteiger partial charge is 0.480 e. The number of carbonyl (C=O) groups is 2. The molecule has 2 aliphatic rings. The molecule has 2 rings (SSSR count). The number of carbonyl (C=O) groups excluding carboxylic acids is 1. The Morgan fingerprint density at radius 1 is 1.17 bits per heavy atom. The summed E-state index contributed by atoms with van der Waals surface area (Å²) in [6.45, 7) is 4.55. The van der Waals surface area contributed by atoms with Crippen LogP contribution in [0.3, 0.4) is 0 Å². The Labute approximate surface area is 106 Å². The van der Waals surface area contributed by atoms with Gasteiger partial charge in [-0.2, -0.15) is 0 Å². The number of carboxylic acids is 1. The molecular formula is C12H20N2O4. The van der Waals surface area contributed by atoms with Crippen molar-refractivity contribution in [3.05, 3.63) is 0 Å². The predicted octanol–water partition coefficient (Wildman–Crippen LogP) is 0.768. The van der Waals surface area contributed by atoms with Gasteiger partial charge in [-0.15, -0.1) is 0 Å². The minimum atomic E-state index is -1.05. The first-order chi connectivity index (χ1) is 8.55. The molecule has 6 heteroatoms. The number of rotatable bonds is 1. The fourth-order valence-electron chi connectivity index (χ4n) is 2.60. The zero-order chi connectivity index (χ0) is 13.2. The van der Waals surface area contributed by atoms with Crippen LogP contribution in [0.15, 0.2) is 0 Å². The molecule has 0 aliphatic carbocycles. The molecule has 6 nitrogen and oxygen atoms in total. The fraction of sp³-hybridized carbons (Fsp3) is 0.833. The molecule has 1 unspecified atom stereocenters. The number of amides is 2. The molecule has 102 valence electrons. The Morgan fingerprint density at radius 2 is 1.94 bits per heavy atom. The zero-order valence-corrected chi connectivity index (χ0v) is 10.7. The summed E-state index contributed by atoms with van der Waals surface area (Å²) in [5, 5.41) is 9.31. The van der Waals surface area contributed by atoms with Crippen molar-refractivity contribution in [3.63, 3.8) is 0 Å². The molecule has 2 amide bonds. The molecule has 1 N–H and O–H groups in total. The van der Waals surface area contributed by atoms with Gasteiger partial charge in [-0.3, -0.25) is 0 Å². The molecule has 2 saturated heterocycles. The standard InChI is InChI=1S/C12H20N2O4/c1-12(10(15)16)4-2-6-14(12)11(17)13-5-3-8-18-9-7-13/h2-9H2,1H3,(H,15,16). The van der Waals surface area contributed by atoms with E-state index in [-0.39, 0.29) is 6.03 Å². The molecule has 0 aromatic rings. The van der Waals surface area contributed by atoms with Crippen molar-refractivity contribution in [1.29, 1.82) is 0 Å². The molecular weight excluding hydrogens is 236 g/mol. The summed E-state index contributed by atoms with van der Waals surface area (Å²) in [6.07, 6.45) is 2.08. The topological polar surface area (TPSA) is 70.1 Å². The number of aliphatic carboxylic acids is 1. The molecule has 1 atom stereocenters. The van der Waals surface area contributed by atoms with Crippen LogP contribution < -0.4 is 0 Å². The molecule has 0 aromatic carbocycles. The normalized spacial score (nSPS) is 29.2. The monoisotopic (exact) mass is 256 g/mol. The van der Waals surface area contributed by atoms with E-state index < -0.39 is 11.5 Å². The van der Waals surface area contributed by atoms with Crippen molar-refractivity contribution in [2.45, 2.75) is 31.7 Å². The second kappa shape index (κ2) is 5.14. The van der Waals surface area contributed by atoms with Crippen LogP contribution in [-0.4, -0.2) is 65.3 Å². The minimum Gasteiger partial charge on any atom is -0.480 e. The minimum absolute atomic E-state index is 0.164. The first kappa shape index (κ1) is 13.1. The molecule has 18 heavy (non-hydrogen) atoms. The van der Waals surface area contributed by atoms with Crippen LogP contribution in [0.25, 0.3) is 0 Å². The SMILES string of the molecule is CC1(C(=O)O)CCCN1C(=O)N1CCCOCC1. The van der Waals surface area contributed by atoms with Gasteiger partial charge >= 0.3 is 12.0 Å². The van der Waals surface area contributed by atoms with E-state index in [1.165, 1.54) is 4.90 Å². The van der Waals surface area contributed by atoms with Gasteiger partial charge in [-0.05, 0) is 26.2 Å². The summed E-state index contributed by atoms with van der Waals surface area (Å²) in [5.74, 6) is -0.917. The molecule has 0 spiro atoms. The average molecular weight is 256 g/mol. The molecule has 0 bridgehead atoms. The van der Waals surface area contributed by atoms with Gasteiger partial charge in [0, 0.05) is 26.2 Å². The number of urea groups is 1. The van der Waals surface area contributed by atoms with Gasteiger partial charge in [0.1, 0.15) is 5.54 Å². The smallest absolute Gasteiger partial charge is 0.329 e. The lowest BCUT2D eigenvalue weighted by molar-refractivity contribution is -0.147. The Hall–Kier alpha value is -1.30. The average Bonchev–Trinajstić information content (AvgIpc) is 2.58. The maximum Gasteiger partial charge on any atom is 0.329 e. The first-order valence-corrected chi connectivity index (χ1v) is 6.43. The van der Waals surface area contributed by atoms with E-state index >= 15 is 0 Å². The molecule has 2 heterocycles. The Kier molecular flexibility index (Phi) is 3.75. The summed E-state index contributed by atoms with van der Waals surface area (Å²) in [7, 11) is 0. The Morgan fingerprint density at radius 3 is 2.67 bits per heavy atom. The molecule has 2 aliphatic heterocycles. The van der Waals surface area contributed by atoms with E-state index in [0.717, 1.165) is 12.8 Å². The van der Waals surface area contributed by atoms with Crippen LogP contribution in [0, 0.1) is 0 Å². The van der Waals surface area contributed by atoms with Gasteiger partial charge in [0.15, 0.2) is 0 Å². The maximum absolute atomic E-state index is 12.4. The summed E-state index contributed by atoms with van der Waals surface area (Å²) in [4.78, 5) is 27.0. The van der Waals surface area contributed by atoms with Crippen LogP contribution in [0.1, 0.15) is 26.2 Å². The van der Waals surface area contributed by atoms with E-state index in [1.807, 2.05) is 0 Å². The van der Waals surface area contributed by atoms with Crippen molar-refractivity contribution < 1.29 is 19.4 Å². The van der Waals surface area contributed by atoms with Crippen molar-refractivity contribution in [3.8, 4) is 0 Å². The van der Waals surface area contributed by atoms with Gasteiger partial charge in [-0.1, -0.05) is 0 Å². The Balaban J connectivity index is 2.09.